The number of aryl methyl sites for hydroxylation is 2. The largest absolute Gasteiger partial charge is 0.349 e. The molecule has 0 amide bonds. The molecule has 0 aliphatic rings. The molecule has 0 atom stereocenters. The SMILES string of the molecule is CCn1cc(-c2cnc(-n3c(CC(CN)=C(F)F)n[nH]c3=O)c(C)c2)cn1. The molecule has 3 aromatic rings. The van der Waals surface area contributed by atoms with Gasteiger partial charge < -0.3 is 5.73 Å². The van der Waals surface area contributed by atoms with Crippen LogP contribution in [0.25, 0.3) is 16.9 Å². The summed E-state index contributed by atoms with van der Waals surface area (Å²) in [6.45, 7) is 4.20. The van der Waals surface area contributed by atoms with Gasteiger partial charge in [0.1, 0.15) is 11.6 Å². The van der Waals surface area contributed by atoms with Crippen molar-refractivity contribution in [2.75, 3.05) is 6.54 Å². The Kier molecular flexibility index (Phi) is 5.26. The van der Waals surface area contributed by atoms with E-state index in [1.54, 1.807) is 24.0 Å². The average Bonchev–Trinajstić information content (AvgIpc) is 3.26. The molecule has 0 unspecified atom stereocenters. The molecule has 0 aromatic carbocycles. The van der Waals surface area contributed by atoms with Crippen molar-refractivity contribution in [2.45, 2.75) is 26.8 Å². The molecule has 0 saturated carbocycles. The molecule has 142 valence electrons. The minimum absolute atomic E-state index is 0.121. The fourth-order valence-corrected chi connectivity index (χ4v) is 2.72. The predicted molar refractivity (Wildman–Crippen MR) is 95.6 cm³/mol. The van der Waals surface area contributed by atoms with Gasteiger partial charge in [-0.3, -0.25) is 4.68 Å². The van der Waals surface area contributed by atoms with E-state index in [9.17, 15) is 13.6 Å². The topological polar surface area (TPSA) is 107 Å². The quantitative estimate of drug-likeness (QED) is 0.683. The maximum atomic E-state index is 12.9. The van der Waals surface area contributed by atoms with E-state index in [0.29, 0.717) is 11.4 Å². The lowest BCUT2D eigenvalue weighted by molar-refractivity contribution is 0.407. The number of pyridine rings is 1. The molecule has 0 radical (unpaired) electrons. The summed E-state index contributed by atoms with van der Waals surface area (Å²) in [5.41, 5.74) is 6.95. The van der Waals surface area contributed by atoms with Crippen molar-refractivity contribution in [3.05, 3.63) is 58.2 Å². The molecule has 10 heteroatoms. The van der Waals surface area contributed by atoms with E-state index in [1.165, 1.54) is 4.57 Å². The number of halogens is 2. The summed E-state index contributed by atoms with van der Waals surface area (Å²) in [7, 11) is 0. The Bertz CT molecular complexity index is 1040. The number of aromatic amines is 1. The summed E-state index contributed by atoms with van der Waals surface area (Å²) in [6, 6.07) is 1.86. The Hall–Kier alpha value is -3.14. The smallest absolute Gasteiger partial charge is 0.327 e. The van der Waals surface area contributed by atoms with Crippen LogP contribution in [0.4, 0.5) is 8.78 Å². The van der Waals surface area contributed by atoms with E-state index >= 15 is 0 Å². The Labute approximate surface area is 153 Å². The zero-order chi connectivity index (χ0) is 19.6. The van der Waals surface area contributed by atoms with Crippen molar-refractivity contribution < 1.29 is 8.78 Å². The molecule has 0 bridgehead atoms. The summed E-state index contributed by atoms with van der Waals surface area (Å²) >= 11 is 0. The Balaban J connectivity index is 2.01. The number of nitrogens with one attached hydrogen (secondary N) is 1. The van der Waals surface area contributed by atoms with Crippen LogP contribution in [-0.4, -0.2) is 36.1 Å². The molecule has 0 aliphatic carbocycles. The van der Waals surface area contributed by atoms with Gasteiger partial charge in [-0.1, -0.05) is 0 Å². The minimum Gasteiger partial charge on any atom is -0.327 e. The molecule has 3 heterocycles. The van der Waals surface area contributed by atoms with Crippen LogP contribution >= 0.6 is 0 Å². The zero-order valence-corrected chi connectivity index (χ0v) is 14.9. The number of hydrogen-bond acceptors (Lipinski definition) is 5. The van der Waals surface area contributed by atoms with Crippen molar-refractivity contribution in [2.24, 2.45) is 5.73 Å². The summed E-state index contributed by atoms with van der Waals surface area (Å²) in [5, 5.41) is 10.4. The monoisotopic (exact) mass is 375 g/mol. The lowest BCUT2D eigenvalue weighted by Gasteiger charge is -2.10. The lowest BCUT2D eigenvalue weighted by Crippen LogP contribution is -2.20. The average molecular weight is 375 g/mol. The molecule has 27 heavy (non-hydrogen) atoms. The van der Waals surface area contributed by atoms with Crippen molar-refractivity contribution >= 4 is 0 Å². The van der Waals surface area contributed by atoms with Crippen molar-refractivity contribution in [1.29, 1.82) is 0 Å². The standard InChI is InChI=1S/C17H19F2N7O/c1-3-25-9-13(8-22-25)12-4-10(2)16(21-7-12)26-14(23-24-17(26)27)5-11(6-20)15(18)19/h4,7-9H,3,5-6,20H2,1-2H3,(H,24,27). The number of rotatable bonds is 6. The molecule has 0 aliphatic heterocycles. The number of nitrogens with two attached hydrogens (primary N) is 1. The second kappa shape index (κ2) is 7.62. The maximum absolute atomic E-state index is 12.9. The third-order valence-electron chi connectivity index (χ3n) is 4.18. The zero-order valence-electron chi connectivity index (χ0n) is 14.9. The normalized spacial score (nSPS) is 11.0. The van der Waals surface area contributed by atoms with Gasteiger partial charge in [0, 0.05) is 48.6 Å². The predicted octanol–water partition coefficient (Wildman–Crippen LogP) is 1.80. The van der Waals surface area contributed by atoms with Crippen LogP contribution in [0.1, 0.15) is 18.3 Å². The first-order chi connectivity index (χ1) is 12.9. The lowest BCUT2D eigenvalue weighted by atomic mass is 10.1. The van der Waals surface area contributed by atoms with Crippen molar-refractivity contribution in [3.63, 3.8) is 0 Å². The first-order valence-electron chi connectivity index (χ1n) is 8.33. The molecule has 3 rings (SSSR count). The highest BCUT2D eigenvalue weighted by atomic mass is 19.3. The summed E-state index contributed by atoms with van der Waals surface area (Å²) in [4.78, 5) is 16.5. The molecule has 0 fully saturated rings. The molecule has 0 spiro atoms. The van der Waals surface area contributed by atoms with Gasteiger partial charge >= 0.3 is 5.69 Å². The van der Waals surface area contributed by atoms with Crippen molar-refractivity contribution in [1.82, 2.24) is 29.5 Å². The fourth-order valence-electron chi connectivity index (χ4n) is 2.72. The van der Waals surface area contributed by atoms with Crippen LogP contribution < -0.4 is 11.4 Å². The molecular formula is C17H19F2N7O. The van der Waals surface area contributed by atoms with Gasteiger partial charge in [0.25, 0.3) is 6.08 Å². The number of aromatic nitrogens is 6. The van der Waals surface area contributed by atoms with Gasteiger partial charge in [0.05, 0.1) is 6.20 Å². The highest BCUT2D eigenvalue weighted by Gasteiger charge is 2.17. The third-order valence-corrected chi connectivity index (χ3v) is 4.18. The molecular weight excluding hydrogens is 356 g/mol. The fraction of sp³-hybridized carbons (Fsp3) is 0.294. The Morgan fingerprint density at radius 1 is 1.30 bits per heavy atom. The molecule has 3 N–H and O–H groups in total. The van der Waals surface area contributed by atoms with E-state index in [1.807, 2.05) is 19.2 Å². The highest BCUT2D eigenvalue weighted by Crippen LogP contribution is 2.22. The molecule has 0 saturated heterocycles. The molecule has 8 nitrogen and oxygen atoms in total. The molecule has 3 aromatic heterocycles. The van der Waals surface area contributed by atoms with Crippen LogP contribution in [-0.2, 0) is 13.0 Å². The van der Waals surface area contributed by atoms with E-state index in [0.717, 1.165) is 17.7 Å². The number of hydrogen-bond donors (Lipinski definition) is 2. The van der Waals surface area contributed by atoms with Crippen LogP contribution in [0.2, 0.25) is 0 Å². The van der Waals surface area contributed by atoms with Crippen LogP contribution in [0.5, 0.6) is 0 Å². The summed E-state index contributed by atoms with van der Waals surface area (Å²) in [6.07, 6.45) is 3.13. The number of nitrogens with zero attached hydrogens (tertiary/aromatic N) is 5. The Morgan fingerprint density at radius 3 is 2.67 bits per heavy atom. The van der Waals surface area contributed by atoms with E-state index < -0.39 is 11.8 Å². The summed E-state index contributed by atoms with van der Waals surface area (Å²) in [5.74, 6) is 0.446. The van der Waals surface area contributed by atoms with E-state index in [-0.39, 0.29) is 24.4 Å². The van der Waals surface area contributed by atoms with Gasteiger partial charge in [-0.05, 0) is 25.5 Å². The Morgan fingerprint density at radius 2 is 2.07 bits per heavy atom. The van der Waals surface area contributed by atoms with Gasteiger partial charge in [-0.25, -0.2) is 19.4 Å². The van der Waals surface area contributed by atoms with Gasteiger partial charge in [-0.2, -0.15) is 19.0 Å². The first kappa shape index (κ1) is 18.6. The van der Waals surface area contributed by atoms with Gasteiger partial charge in [0.15, 0.2) is 0 Å². The highest BCUT2D eigenvalue weighted by molar-refractivity contribution is 5.62. The second-order valence-electron chi connectivity index (χ2n) is 5.97. The minimum atomic E-state index is -1.87. The van der Waals surface area contributed by atoms with Crippen molar-refractivity contribution in [3.8, 4) is 16.9 Å². The van der Waals surface area contributed by atoms with E-state index in [2.05, 4.69) is 20.3 Å². The summed E-state index contributed by atoms with van der Waals surface area (Å²) < 4.78 is 28.8. The van der Waals surface area contributed by atoms with Crippen LogP contribution in [0.3, 0.4) is 0 Å². The number of H-pyrrole nitrogens is 1. The van der Waals surface area contributed by atoms with Gasteiger partial charge in [0.2, 0.25) is 0 Å². The maximum Gasteiger partial charge on any atom is 0.349 e. The van der Waals surface area contributed by atoms with Crippen LogP contribution in [0, 0.1) is 6.92 Å². The van der Waals surface area contributed by atoms with Gasteiger partial charge in [-0.15, -0.1) is 0 Å². The van der Waals surface area contributed by atoms with Crippen LogP contribution in [0.15, 0.2) is 41.1 Å². The second-order valence-corrected chi connectivity index (χ2v) is 5.97. The first-order valence-corrected chi connectivity index (χ1v) is 8.33. The third kappa shape index (κ3) is 3.70. The van der Waals surface area contributed by atoms with E-state index in [4.69, 9.17) is 5.73 Å².